The number of amides is 2. The molecular formula is C27H30BrN3O4S. The van der Waals surface area contributed by atoms with Gasteiger partial charge in [0.15, 0.2) is 0 Å². The molecule has 0 aliphatic heterocycles. The monoisotopic (exact) mass is 571 g/mol. The van der Waals surface area contributed by atoms with Gasteiger partial charge < -0.3 is 10.2 Å². The van der Waals surface area contributed by atoms with Gasteiger partial charge in [-0.3, -0.25) is 13.9 Å². The Morgan fingerprint density at radius 3 is 2.17 bits per heavy atom. The molecule has 9 heteroatoms. The summed E-state index contributed by atoms with van der Waals surface area (Å²) >= 11 is 3.40. The van der Waals surface area contributed by atoms with Crippen LogP contribution in [0, 0.1) is 13.8 Å². The number of rotatable bonds is 9. The normalized spacial score (nSPS) is 12.0. The summed E-state index contributed by atoms with van der Waals surface area (Å²) in [5.74, 6) is -0.837. The Morgan fingerprint density at radius 1 is 0.944 bits per heavy atom. The Balaban J connectivity index is 2.04. The largest absolute Gasteiger partial charge is 0.357 e. The summed E-state index contributed by atoms with van der Waals surface area (Å²) in [7, 11) is -2.56. The predicted octanol–water partition coefficient (Wildman–Crippen LogP) is 4.42. The van der Waals surface area contributed by atoms with E-state index < -0.39 is 28.5 Å². The Hall–Kier alpha value is -3.17. The van der Waals surface area contributed by atoms with Crippen LogP contribution in [-0.4, -0.2) is 44.8 Å². The zero-order chi connectivity index (χ0) is 26.5. The van der Waals surface area contributed by atoms with Crippen molar-refractivity contribution in [2.45, 2.75) is 38.3 Å². The molecular weight excluding hydrogens is 542 g/mol. The van der Waals surface area contributed by atoms with E-state index in [2.05, 4.69) is 21.2 Å². The van der Waals surface area contributed by atoms with E-state index in [9.17, 15) is 18.0 Å². The fourth-order valence-corrected chi connectivity index (χ4v) is 5.40. The Morgan fingerprint density at radius 2 is 1.58 bits per heavy atom. The van der Waals surface area contributed by atoms with Crippen LogP contribution < -0.4 is 9.62 Å². The minimum atomic E-state index is -4.06. The number of carbonyl (C=O) groups is 2. The fraction of sp³-hybridized carbons (Fsp3) is 0.259. The number of hydrogen-bond acceptors (Lipinski definition) is 4. The van der Waals surface area contributed by atoms with Crippen LogP contribution in [0.25, 0.3) is 0 Å². The van der Waals surface area contributed by atoms with Gasteiger partial charge in [0.05, 0.1) is 10.6 Å². The summed E-state index contributed by atoms with van der Waals surface area (Å²) < 4.78 is 29.4. The lowest BCUT2D eigenvalue weighted by molar-refractivity contribution is -0.139. The molecule has 36 heavy (non-hydrogen) atoms. The zero-order valence-corrected chi connectivity index (χ0v) is 23.1. The number of sulfonamides is 1. The number of nitrogens with zero attached hydrogens (tertiary/aromatic N) is 2. The number of carbonyl (C=O) groups excluding carboxylic acids is 2. The molecule has 3 aromatic carbocycles. The van der Waals surface area contributed by atoms with Gasteiger partial charge in [-0.1, -0.05) is 52.3 Å². The molecule has 0 unspecified atom stereocenters. The first-order chi connectivity index (χ1) is 17.0. The summed E-state index contributed by atoms with van der Waals surface area (Å²) in [5, 5.41) is 2.58. The minimum absolute atomic E-state index is 0.0786. The molecule has 0 saturated heterocycles. The standard InChI is InChI=1S/C27H30BrN3O4S/c1-19-10-15-24(16-20(19)2)31(36(34,35)25-8-6-5-7-9-25)18-26(32)30(21(3)27(33)29-4)17-22-11-13-23(28)14-12-22/h5-16,21H,17-18H2,1-4H3,(H,29,33)/t21-/m0/s1. The van der Waals surface area contributed by atoms with Crippen LogP contribution in [0.2, 0.25) is 0 Å². The van der Waals surface area contributed by atoms with Crippen LogP contribution >= 0.6 is 15.9 Å². The summed E-state index contributed by atoms with van der Waals surface area (Å²) in [5.41, 5.74) is 3.10. The predicted molar refractivity (Wildman–Crippen MR) is 145 cm³/mol. The van der Waals surface area contributed by atoms with Crippen molar-refractivity contribution < 1.29 is 18.0 Å². The second kappa shape index (κ2) is 11.7. The van der Waals surface area contributed by atoms with Gasteiger partial charge in [-0.05, 0) is 73.9 Å². The van der Waals surface area contributed by atoms with E-state index in [4.69, 9.17) is 0 Å². The summed E-state index contributed by atoms with van der Waals surface area (Å²) in [4.78, 5) is 27.7. The number of hydrogen-bond donors (Lipinski definition) is 1. The van der Waals surface area contributed by atoms with E-state index in [0.717, 1.165) is 25.5 Å². The molecule has 3 aromatic rings. The zero-order valence-electron chi connectivity index (χ0n) is 20.7. The van der Waals surface area contributed by atoms with Crippen LogP contribution in [0.5, 0.6) is 0 Å². The Kier molecular flexibility index (Phi) is 8.92. The van der Waals surface area contributed by atoms with Crippen LogP contribution in [-0.2, 0) is 26.2 Å². The number of anilines is 1. The van der Waals surface area contributed by atoms with Crippen LogP contribution in [0.3, 0.4) is 0 Å². The van der Waals surface area contributed by atoms with Gasteiger partial charge >= 0.3 is 0 Å². The summed E-state index contributed by atoms with van der Waals surface area (Å²) in [6, 6.07) is 19.9. The molecule has 1 atom stereocenters. The number of likely N-dealkylation sites (N-methyl/N-ethyl adjacent to an activating group) is 1. The number of benzene rings is 3. The molecule has 0 aromatic heterocycles. The topological polar surface area (TPSA) is 86.8 Å². The van der Waals surface area contributed by atoms with Gasteiger partial charge in [0.2, 0.25) is 11.8 Å². The van der Waals surface area contributed by atoms with Gasteiger partial charge in [-0.25, -0.2) is 8.42 Å². The third kappa shape index (κ3) is 6.33. The average Bonchev–Trinajstić information content (AvgIpc) is 2.88. The highest BCUT2D eigenvalue weighted by Crippen LogP contribution is 2.26. The number of nitrogens with one attached hydrogen (secondary N) is 1. The fourth-order valence-electron chi connectivity index (χ4n) is 3.71. The molecule has 0 spiro atoms. The van der Waals surface area contributed by atoms with Crippen molar-refractivity contribution in [3.05, 3.63) is 94.0 Å². The third-order valence-corrected chi connectivity index (χ3v) is 8.39. The first-order valence-electron chi connectivity index (χ1n) is 11.4. The smallest absolute Gasteiger partial charge is 0.264 e. The number of halogens is 1. The van der Waals surface area contributed by atoms with E-state index in [1.165, 1.54) is 24.1 Å². The van der Waals surface area contributed by atoms with Crippen LogP contribution in [0.4, 0.5) is 5.69 Å². The van der Waals surface area contributed by atoms with Crippen molar-refractivity contribution in [1.82, 2.24) is 10.2 Å². The molecule has 0 saturated carbocycles. The molecule has 0 aliphatic carbocycles. The Labute approximate surface area is 221 Å². The molecule has 1 N–H and O–H groups in total. The van der Waals surface area contributed by atoms with Crippen molar-refractivity contribution in [3.63, 3.8) is 0 Å². The molecule has 0 heterocycles. The van der Waals surface area contributed by atoms with Gasteiger partial charge in [0.25, 0.3) is 10.0 Å². The van der Waals surface area contributed by atoms with E-state index in [1.807, 2.05) is 44.2 Å². The van der Waals surface area contributed by atoms with Crippen molar-refractivity contribution in [2.24, 2.45) is 0 Å². The van der Waals surface area contributed by atoms with Gasteiger partial charge in [-0.2, -0.15) is 0 Å². The first kappa shape index (κ1) is 27.4. The van der Waals surface area contributed by atoms with E-state index in [1.54, 1.807) is 37.3 Å². The lowest BCUT2D eigenvalue weighted by Gasteiger charge is -2.32. The second-order valence-corrected chi connectivity index (χ2v) is 11.3. The van der Waals surface area contributed by atoms with Crippen LogP contribution in [0.1, 0.15) is 23.6 Å². The highest BCUT2D eigenvalue weighted by molar-refractivity contribution is 9.10. The van der Waals surface area contributed by atoms with E-state index in [-0.39, 0.29) is 17.3 Å². The molecule has 7 nitrogen and oxygen atoms in total. The van der Waals surface area contributed by atoms with Gasteiger partial charge in [0.1, 0.15) is 12.6 Å². The molecule has 0 radical (unpaired) electrons. The van der Waals surface area contributed by atoms with E-state index >= 15 is 0 Å². The summed E-state index contributed by atoms with van der Waals surface area (Å²) in [6.45, 7) is 5.14. The van der Waals surface area contributed by atoms with Gasteiger partial charge in [0, 0.05) is 18.1 Å². The lowest BCUT2D eigenvalue weighted by atomic mass is 10.1. The van der Waals surface area contributed by atoms with Crippen molar-refractivity contribution in [2.75, 3.05) is 17.9 Å². The average molecular weight is 573 g/mol. The second-order valence-electron chi connectivity index (χ2n) is 8.53. The highest BCUT2D eigenvalue weighted by atomic mass is 79.9. The first-order valence-corrected chi connectivity index (χ1v) is 13.7. The Bertz CT molecular complexity index is 1330. The minimum Gasteiger partial charge on any atom is -0.357 e. The maximum absolute atomic E-state index is 13.7. The SMILES string of the molecule is CNC(=O)[C@H](C)N(Cc1ccc(Br)cc1)C(=O)CN(c1ccc(C)c(C)c1)S(=O)(=O)c1ccccc1. The molecule has 0 bridgehead atoms. The van der Waals surface area contributed by atoms with Crippen molar-refractivity contribution in [3.8, 4) is 0 Å². The number of aryl methyl sites for hydroxylation is 2. The van der Waals surface area contributed by atoms with E-state index in [0.29, 0.717) is 5.69 Å². The molecule has 190 valence electrons. The van der Waals surface area contributed by atoms with Crippen molar-refractivity contribution >= 4 is 43.5 Å². The lowest BCUT2D eigenvalue weighted by Crippen LogP contribution is -2.50. The summed E-state index contributed by atoms with van der Waals surface area (Å²) in [6.07, 6.45) is 0. The highest BCUT2D eigenvalue weighted by Gasteiger charge is 2.32. The molecule has 0 fully saturated rings. The van der Waals surface area contributed by atoms with Crippen molar-refractivity contribution in [1.29, 1.82) is 0 Å². The quantitative estimate of drug-likeness (QED) is 0.411. The molecule has 2 amide bonds. The van der Waals surface area contributed by atoms with Crippen LogP contribution in [0.15, 0.2) is 82.2 Å². The molecule has 0 aliphatic rings. The maximum Gasteiger partial charge on any atom is 0.264 e. The molecule has 3 rings (SSSR count). The third-order valence-electron chi connectivity index (χ3n) is 6.07. The maximum atomic E-state index is 13.7. The van der Waals surface area contributed by atoms with Gasteiger partial charge in [-0.15, -0.1) is 0 Å².